The lowest BCUT2D eigenvalue weighted by atomic mass is 10.1. The topological polar surface area (TPSA) is 85.6 Å². The van der Waals surface area contributed by atoms with E-state index in [1.807, 2.05) is 0 Å². The summed E-state index contributed by atoms with van der Waals surface area (Å²) >= 11 is 5.71. The number of hydrogen-bond donors (Lipinski definition) is 0. The van der Waals surface area contributed by atoms with Crippen LogP contribution in [0.4, 0.5) is 5.69 Å². The summed E-state index contributed by atoms with van der Waals surface area (Å²) in [4.78, 5) is 27.9. The molecule has 0 aliphatic rings. The molecule has 0 aromatic carbocycles. The lowest BCUT2D eigenvalue weighted by Gasteiger charge is -2.27. The summed E-state index contributed by atoms with van der Waals surface area (Å²) in [5.41, 5.74) is -0.540. The zero-order valence-electron chi connectivity index (χ0n) is 11.5. The molecule has 0 aliphatic heterocycles. The molecule has 20 heavy (non-hydrogen) atoms. The van der Waals surface area contributed by atoms with Gasteiger partial charge in [-0.1, -0.05) is 11.6 Å². The molecule has 0 aliphatic carbocycles. The van der Waals surface area contributed by atoms with E-state index in [0.717, 1.165) is 0 Å². The molecular weight excluding hydrogens is 286 g/mol. The summed E-state index contributed by atoms with van der Waals surface area (Å²) in [5.74, 6) is -0.465. The molecule has 8 heteroatoms. The maximum atomic E-state index is 12.4. The average Bonchev–Trinajstić information content (AvgIpc) is 2.38. The van der Waals surface area contributed by atoms with Crippen LogP contribution in [0.5, 0.6) is 0 Å². The van der Waals surface area contributed by atoms with E-state index in [2.05, 4.69) is 4.98 Å². The molecule has 1 heterocycles. The predicted molar refractivity (Wildman–Crippen MR) is 73.9 cm³/mol. The molecular formula is C12H16ClN3O4. The summed E-state index contributed by atoms with van der Waals surface area (Å²) < 4.78 is 5.01. The van der Waals surface area contributed by atoms with E-state index in [1.54, 1.807) is 13.8 Å². The minimum Gasteiger partial charge on any atom is -0.383 e. The van der Waals surface area contributed by atoms with Crippen molar-refractivity contribution in [2.75, 3.05) is 20.3 Å². The van der Waals surface area contributed by atoms with Crippen molar-refractivity contribution in [3.05, 3.63) is 33.1 Å². The van der Waals surface area contributed by atoms with Crippen molar-refractivity contribution in [3.8, 4) is 0 Å². The second-order valence-electron chi connectivity index (χ2n) is 4.15. The van der Waals surface area contributed by atoms with E-state index in [1.165, 1.54) is 24.3 Å². The minimum atomic E-state index is -0.697. The van der Waals surface area contributed by atoms with Gasteiger partial charge in [0.2, 0.25) is 5.15 Å². The van der Waals surface area contributed by atoms with Gasteiger partial charge in [0.15, 0.2) is 0 Å². The number of nitrogens with zero attached hydrogens (tertiary/aromatic N) is 3. The van der Waals surface area contributed by atoms with Gasteiger partial charge in [0.1, 0.15) is 5.56 Å². The van der Waals surface area contributed by atoms with Crippen molar-refractivity contribution in [1.82, 2.24) is 9.88 Å². The van der Waals surface area contributed by atoms with Gasteiger partial charge in [0, 0.05) is 19.9 Å². The first-order chi connectivity index (χ1) is 9.43. The van der Waals surface area contributed by atoms with Crippen LogP contribution in [0.1, 0.15) is 24.2 Å². The highest BCUT2D eigenvalue weighted by molar-refractivity contribution is 6.32. The van der Waals surface area contributed by atoms with Gasteiger partial charge in [-0.15, -0.1) is 0 Å². The number of carbonyl (C=O) groups excluding carboxylic acids is 1. The SMILES string of the molecule is CCN(C(=O)c1ccnc(Cl)c1[N+](=O)[O-])C(C)COC. The first-order valence-electron chi connectivity index (χ1n) is 6.02. The standard InChI is InChI=1S/C12H16ClN3O4/c1-4-15(8(2)7-20-3)12(17)9-5-6-14-11(13)10(9)16(18)19/h5-6,8H,4,7H2,1-3H3. The number of halogens is 1. The van der Waals surface area contributed by atoms with Crippen LogP contribution in [0.3, 0.4) is 0 Å². The summed E-state index contributed by atoms with van der Waals surface area (Å²) in [6, 6.07) is 1.10. The number of nitro groups is 1. The van der Waals surface area contributed by atoms with Crippen molar-refractivity contribution in [3.63, 3.8) is 0 Å². The number of hydrogen-bond acceptors (Lipinski definition) is 5. The predicted octanol–water partition coefficient (Wildman–Crippen LogP) is 2.14. The van der Waals surface area contributed by atoms with Gasteiger partial charge >= 0.3 is 5.69 Å². The number of pyridine rings is 1. The third-order valence-electron chi connectivity index (χ3n) is 2.83. The molecule has 0 bridgehead atoms. The number of amides is 1. The maximum Gasteiger partial charge on any atom is 0.319 e. The molecule has 1 amide bonds. The first-order valence-corrected chi connectivity index (χ1v) is 6.40. The van der Waals surface area contributed by atoms with Crippen LogP contribution in [0.25, 0.3) is 0 Å². The van der Waals surface area contributed by atoms with E-state index < -0.39 is 16.5 Å². The Bertz CT molecular complexity index is 509. The van der Waals surface area contributed by atoms with Gasteiger partial charge in [-0.05, 0) is 19.9 Å². The Balaban J connectivity index is 3.19. The number of rotatable bonds is 6. The third kappa shape index (κ3) is 3.43. The van der Waals surface area contributed by atoms with Crippen molar-refractivity contribution in [2.45, 2.75) is 19.9 Å². The normalized spacial score (nSPS) is 12.0. The molecule has 0 spiro atoms. The van der Waals surface area contributed by atoms with Gasteiger partial charge in [-0.3, -0.25) is 14.9 Å². The Morgan fingerprint density at radius 3 is 2.80 bits per heavy atom. The highest BCUT2D eigenvalue weighted by Crippen LogP contribution is 2.27. The fourth-order valence-corrected chi connectivity index (χ4v) is 2.14. The summed E-state index contributed by atoms with van der Waals surface area (Å²) in [6.07, 6.45) is 1.28. The van der Waals surface area contributed by atoms with Gasteiger partial charge < -0.3 is 9.64 Å². The van der Waals surface area contributed by atoms with Crippen LogP contribution >= 0.6 is 11.6 Å². The Morgan fingerprint density at radius 2 is 2.30 bits per heavy atom. The highest BCUT2D eigenvalue weighted by atomic mass is 35.5. The second kappa shape index (κ2) is 7.16. The zero-order valence-corrected chi connectivity index (χ0v) is 12.3. The largest absolute Gasteiger partial charge is 0.383 e. The summed E-state index contributed by atoms with van der Waals surface area (Å²) in [5, 5.41) is 10.7. The molecule has 1 unspecified atom stereocenters. The van der Waals surface area contributed by atoms with Gasteiger partial charge in [0.05, 0.1) is 17.6 Å². The molecule has 0 saturated heterocycles. The fourth-order valence-electron chi connectivity index (χ4n) is 1.92. The Kier molecular flexibility index (Phi) is 5.84. The molecule has 0 saturated carbocycles. The van der Waals surface area contributed by atoms with Gasteiger partial charge in [-0.2, -0.15) is 0 Å². The van der Waals surface area contributed by atoms with Crippen molar-refractivity contribution >= 4 is 23.2 Å². The zero-order chi connectivity index (χ0) is 15.3. The molecule has 0 N–H and O–H groups in total. The van der Waals surface area contributed by atoms with E-state index >= 15 is 0 Å². The fraction of sp³-hybridized carbons (Fsp3) is 0.500. The van der Waals surface area contributed by atoms with Crippen LogP contribution < -0.4 is 0 Å². The van der Waals surface area contributed by atoms with Gasteiger partial charge in [-0.25, -0.2) is 4.98 Å². The Hall–Kier alpha value is -1.73. The van der Waals surface area contributed by atoms with Crippen molar-refractivity contribution in [2.24, 2.45) is 0 Å². The molecule has 7 nitrogen and oxygen atoms in total. The molecule has 1 rings (SSSR count). The van der Waals surface area contributed by atoms with E-state index in [4.69, 9.17) is 16.3 Å². The molecule has 0 fully saturated rings. The molecule has 1 aromatic heterocycles. The molecule has 1 aromatic rings. The smallest absolute Gasteiger partial charge is 0.319 e. The van der Waals surface area contributed by atoms with Crippen LogP contribution in [-0.2, 0) is 4.74 Å². The number of methoxy groups -OCH3 is 1. The van der Waals surface area contributed by atoms with Crippen LogP contribution in [0.15, 0.2) is 12.3 Å². The summed E-state index contributed by atoms with van der Waals surface area (Å²) in [7, 11) is 1.53. The first kappa shape index (κ1) is 16.3. The lowest BCUT2D eigenvalue weighted by Crippen LogP contribution is -2.41. The third-order valence-corrected chi connectivity index (χ3v) is 3.11. The van der Waals surface area contributed by atoms with Crippen molar-refractivity contribution < 1.29 is 14.5 Å². The van der Waals surface area contributed by atoms with Crippen molar-refractivity contribution in [1.29, 1.82) is 0 Å². The maximum absolute atomic E-state index is 12.4. The molecule has 0 radical (unpaired) electrons. The number of ether oxygens (including phenoxy) is 1. The van der Waals surface area contributed by atoms with Crippen LogP contribution in [0.2, 0.25) is 5.15 Å². The highest BCUT2D eigenvalue weighted by Gasteiger charge is 2.29. The minimum absolute atomic E-state index is 0.0696. The summed E-state index contributed by atoms with van der Waals surface area (Å²) in [6.45, 7) is 4.34. The number of likely N-dealkylation sites (N-methyl/N-ethyl adjacent to an activating group) is 1. The molecule has 110 valence electrons. The van der Waals surface area contributed by atoms with Crippen LogP contribution in [0, 0.1) is 10.1 Å². The van der Waals surface area contributed by atoms with E-state index in [9.17, 15) is 14.9 Å². The number of aromatic nitrogens is 1. The Morgan fingerprint density at radius 1 is 1.65 bits per heavy atom. The Labute approximate surface area is 121 Å². The average molecular weight is 302 g/mol. The number of carbonyl (C=O) groups is 1. The lowest BCUT2D eigenvalue weighted by molar-refractivity contribution is -0.385. The van der Waals surface area contributed by atoms with Gasteiger partial charge in [0.25, 0.3) is 5.91 Å². The second-order valence-corrected chi connectivity index (χ2v) is 4.51. The van der Waals surface area contributed by atoms with E-state index in [-0.39, 0.29) is 16.8 Å². The van der Waals surface area contributed by atoms with E-state index in [0.29, 0.717) is 13.2 Å². The quantitative estimate of drug-likeness (QED) is 0.456. The van der Waals surface area contributed by atoms with Crippen LogP contribution in [-0.4, -0.2) is 47.0 Å². The molecule has 1 atom stereocenters. The monoisotopic (exact) mass is 301 g/mol.